The molecule has 2 aromatic heterocycles. The van der Waals surface area contributed by atoms with Gasteiger partial charge in [0.15, 0.2) is 0 Å². The fourth-order valence-electron chi connectivity index (χ4n) is 2.27. The van der Waals surface area contributed by atoms with Crippen LogP contribution in [0.25, 0.3) is 11.1 Å². The van der Waals surface area contributed by atoms with Gasteiger partial charge in [-0.25, -0.2) is 14.5 Å². The number of carbonyl (C=O) groups is 1. The zero-order valence-electron chi connectivity index (χ0n) is 10.9. The Labute approximate surface area is 116 Å². The summed E-state index contributed by atoms with van der Waals surface area (Å²) < 4.78 is 7.49. The predicted molar refractivity (Wildman–Crippen MR) is 71.3 cm³/mol. The third-order valence-corrected chi connectivity index (χ3v) is 3.37. The number of aromatic carboxylic acids is 1. The van der Waals surface area contributed by atoms with Crippen molar-refractivity contribution in [3.05, 3.63) is 36.4 Å². The number of aromatic nitrogens is 3. The molecule has 1 saturated heterocycles. The van der Waals surface area contributed by atoms with Crippen molar-refractivity contribution >= 4 is 5.97 Å². The summed E-state index contributed by atoms with van der Waals surface area (Å²) >= 11 is 0. The molecule has 104 valence electrons. The smallest absolute Gasteiger partial charge is 0.354 e. The minimum atomic E-state index is -1.03. The zero-order valence-corrected chi connectivity index (χ0v) is 10.9. The molecule has 1 fully saturated rings. The lowest BCUT2D eigenvalue weighted by Gasteiger charge is -2.22. The summed E-state index contributed by atoms with van der Waals surface area (Å²) in [6.07, 6.45) is 8.43. The van der Waals surface area contributed by atoms with Gasteiger partial charge in [0.2, 0.25) is 0 Å². The monoisotopic (exact) mass is 273 g/mol. The van der Waals surface area contributed by atoms with E-state index < -0.39 is 5.97 Å². The van der Waals surface area contributed by atoms with Crippen molar-refractivity contribution < 1.29 is 14.6 Å². The van der Waals surface area contributed by atoms with Crippen LogP contribution in [-0.4, -0.2) is 32.4 Å². The summed E-state index contributed by atoms with van der Waals surface area (Å²) in [5.41, 5.74) is 1.79. The number of nitrogens with zero attached hydrogens (tertiary/aromatic N) is 3. The van der Waals surface area contributed by atoms with E-state index in [4.69, 9.17) is 9.84 Å². The largest absolute Gasteiger partial charge is 0.477 e. The standard InChI is InChI=1S/C14H15N3O3/c18-14(19)12-5-4-10(7-15-12)11-8-16-17(9-11)13-3-1-2-6-20-13/h4-5,7-9,13H,1-3,6H2,(H,18,19). The average molecular weight is 273 g/mol. The Kier molecular flexibility index (Phi) is 3.47. The van der Waals surface area contributed by atoms with Crippen LogP contribution in [-0.2, 0) is 4.74 Å². The number of carboxylic acids is 1. The Morgan fingerprint density at radius 2 is 2.20 bits per heavy atom. The molecule has 0 amide bonds. The fraction of sp³-hybridized carbons (Fsp3) is 0.357. The SMILES string of the molecule is O=C(O)c1ccc(-c2cnn(C3CCCCO3)c2)cn1. The molecular formula is C14H15N3O3. The minimum absolute atomic E-state index is 0.00347. The van der Waals surface area contributed by atoms with Gasteiger partial charge < -0.3 is 9.84 Å². The van der Waals surface area contributed by atoms with Gasteiger partial charge in [-0.05, 0) is 25.3 Å². The van der Waals surface area contributed by atoms with Gasteiger partial charge in [0, 0.05) is 30.1 Å². The molecule has 0 radical (unpaired) electrons. The lowest BCUT2D eigenvalue weighted by atomic mass is 10.1. The number of ether oxygens (including phenoxy) is 1. The molecule has 1 aliphatic rings. The highest BCUT2D eigenvalue weighted by atomic mass is 16.5. The number of hydrogen-bond donors (Lipinski definition) is 1. The highest BCUT2D eigenvalue weighted by molar-refractivity contribution is 5.85. The molecule has 1 aliphatic heterocycles. The normalized spacial score (nSPS) is 18.9. The van der Waals surface area contributed by atoms with Crippen LogP contribution in [0.1, 0.15) is 36.0 Å². The Morgan fingerprint density at radius 3 is 2.85 bits per heavy atom. The predicted octanol–water partition coefficient (Wildman–Crippen LogP) is 2.34. The van der Waals surface area contributed by atoms with E-state index in [1.54, 1.807) is 18.5 Å². The highest BCUT2D eigenvalue weighted by Gasteiger charge is 2.16. The van der Waals surface area contributed by atoms with Gasteiger partial charge in [-0.3, -0.25) is 0 Å². The van der Waals surface area contributed by atoms with Crippen LogP contribution in [0.5, 0.6) is 0 Å². The van der Waals surface area contributed by atoms with Crippen LogP contribution in [0, 0.1) is 0 Å². The average Bonchev–Trinajstić information content (AvgIpc) is 2.98. The van der Waals surface area contributed by atoms with Crippen molar-refractivity contribution in [1.29, 1.82) is 0 Å². The van der Waals surface area contributed by atoms with Crippen molar-refractivity contribution in [2.24, 2.45) is 0 Å². The van der Waals surface area contributed by atoms with Gasteiger partial charge >= 0.3 is 5.97 Å². The number of hydrogen-bond acceptors (Lipinski definition) is 4. The van der Waals surface area contributed by atoms with Crippen LogP contribution in [0.4, 0.5) is 0 Å². The van der Waals surface area contributed by atoms with Gasteiger partial charge in [0.1, 0.15) is 11.9 Å². The van der Waals surface area contributed by atoms with Crippen LogP contribution >= 0.6 is 0 Å². The van der Waals surface area contributed by atoms with E-state index in [9.17, 15) is 4.79 Å². The van der Waals surface area contributed by atoms with E-state index in [1.165, 1.54) is 6.07 Å². The first-order valence-electron chi connectivity index (χ1n) is 6.59. The first kappa shape index (κ1) is 12.8. The molecular weight excluding hydrogens is 258 g/mol. The van der Waals surface area contributed by atoms with E-state index in [1.807, 2.05) is 10.9 Å². The molecule has 3 rings (SSSR count). The Balaban J connectivity index is 1.80. The molecule has 6 nitrogen and oxygen atoms in total. The molecule has 0 aromatic carbocycles. The maximum Gasteiger partial charge on any atom is 0.354 e. The summed E-state index contributed by atoms with van der Waals surface area (Å²) in [6, 6.07) is 3.23. The third kappa shape index (κ3) is 2.55. The highest BCUT2D eigenvalue weighted by Crippen LogP contribution is 2.25. The second-order valence-corrected chi connectivity index (χ2v) is 4.77. The van der Waals surface area contributed by atoms with Gasteiger partial charge in [0.25, 0.3) is 0 Å². The molecule has 0 bridgehead atoms. The molecule has 20 heavy (non-hydrogen) atoms. The van der Waals surface area contributed by atoms with Gasteiger partial charge in [0.05, 0.1) is 6.20 Å². The van der Waals surface area contributed by atoms with Crippen molar-refractivity contribution in [2.75, 3.05) is 6.61 Å². The molecule has 3 heterocycles. The summed E-state index contributed by atoms with van der Waals surface area (Å²) in [5.74, 6) is -1.03. The second kappa shape index (κ2) is 5.42. The maximum atomic E-state index is 10.8. The summed E-state index contributed by atoms with van der Waals surface area (Å²) in [5, 5.41) is 13.1. The lowest BCUT2D eigenvalue weighted by Crippen LogP contribution is -2.18. The van der Waals surface area contributed by atoms with E-state index >= 15 is 0 Å². The van der Waals surface area contributed by atoms with Gasteiger partial charge in [-0.2, -0.15) is 5.10 Å². The van der Waals surface area contributed by atoms with E-state index in [0.29, 0.717) is 0 Å². The molecule has 1 atom stereocenters. The molecule has 0 aliphatic carbocycles. The van der Waals surface area contributed by atoms with Crippen LogP contribution in [0.15, 0.2) is 30.7 Å². The van der Waals surface area contributed by atoms with Gasteiger partial charge in [-0.15, -0.1) is 0 Å². The molecule has 1 N–H and O–H groups in total. The first-order chi connectivity index (χ1) is 9.74. The van der Waals surface area contributed by atoms with Crippen molar-refractivity contribution in [3.8, 4) is 11.1 Å². The Hall–Kier alpha value is -2.21. The quantitative estimate of drug-likeness (QED) is 0.928. The summed E-state index contributed by atoms with van der Waals surface area (Å²) in [7, 11) is 0. The third-order valence-electron chi connectivity index (χ3n) is 3.37. The van der Waals surface area contributed by atoms with Crippen molar-refractivity contribution in [2.45, 2.75) is 25.5 Å². The summed E-state index contributed by atoms with van der Waals surface area (Å²) in [4.78, 5) is 14.7. The minimum Gasteiger partial charge on any atom is -0.477 e. The maximum absolute atomic E-state index is 10.8. The molecule has 2 aromatic rings. The van der Waals surface area contributed by atoms with Gasteiger partial charge in [-0.1, -0.05) is 6.07 Å². The lowest BCUT2D eigenvalue weighted by molar-refractivity contribution is -0.0394. The molecule has 6 heteroatoms. The molecule has 0 spiro atoms. The Bertz CT molecular complexity index is 600. The van der Waals surface area contributed by atoms with Crippen LogP contribution in [0.2, 0.25) is 0 Å². The number of pyridine rings is 1. The number of carboxylic acid groups (broad SMARTS) is 1. The van der Waals surface area contributed by atoms with Crippen LogP contribution in [0.3, 0.4) is 0 Å². The van der Waals surface area contributed by atoms with Crippen molar-refractivity contribution in [1.82, 2.24) is 14.8 Å². The van der Waals surface area contributed by atoms with E-state index in [-0.39, 0.29) is 11.9 Å². The van der Waals surface area contributed by atoms with Crippen LogP contribution < -0.4 is 0 Å². The van der Waals surface area contributed by atoms with E-state index in [2.05, 4.69) is 10.1 Å². The zero-order chi connectivity index (χ0) is 13.9. The number of rotatable bonds is 3. The fourth-order valence-corrected chi connectivity index (χ4v) is 2.27. The molecule has 0 saturated carbocycles. The topological polar surface area (TPSA) is 77.2 Å². The summed E-state index contributed by atoms with van der Waals surface area (Å²) in [6.45, 7) is 0.773. The second-order valence-electron chi connectivity index (χ2n) is 4.77. The first-order valence-corrected chi connectivity index (χ1v) is 6.59. The Morgan fingerprint density at radius 1 is 1.30 bits per heavy atom. The van der Waals surface area contributed by atoms with E-state index in [0.717, 1.165) is 37.0 Å². The van der Waals surface area contributed by atoms with Crippen molar-refractivity contribution in [3.63, 3.8) is 0 Å². The molecule has 1 unspecified atom stereocenters.